The first-order chi connectivity index (χ1) is 10.8. The Labute approximate surface area is 131 Å². The van der Waals surface area contributed by atoms with E-state index >= 15 is 0 Å². The van der Waals surface area contributed by atoms with Gasteiger partial charge in [0.1, 0.15) is 5.75 Å². The van der Waals surface area contributed by atoms with Crippen molar-refractivity contribution in [3.63, 3.8) is 0 Å². The minimum Gasteiger partial charge on any atom is -0.497 e. The van der Waals surface area contributed by atoms with Crippen molar-refractivity contribution in [3.8, 4) is 5.75 Å². The summed E-state index contributed by atoms with van der Waals surface area (Å²) < 4.78 is 5.21. The molecule has 112 valence electrons. The zero-order chi connectivity index (χ0) is 15.4. The molecule has 0 aliphatic carbocycles. The van der Waals surface area contributed by atoms with Crippen LogP contribution in [0.3, 0.4) is 0 Å². The Morgan fingerprint density at radius 1 is 0.909 bits per heavy atom. The maximum Gasteiger partial charge on any atom is 0.118 e. The van der Waals surface area contributed by atoms with E-state index in [-0.39, 0.29) is 0 Å². The molecule has 2 nitrogen and oxygen atoms in total. The van der Waals surface area contributed by atoms with Gasteiger partial charge in [-0.15, -0.1) is 0 Å². The predicted octanol–water partition coefficient (Wildman–Crippen LogP) is 4.70. The zero-order valence-corrected chi connectivity index (χ0v) is 13.0. The van der Waals surface area contributed by atoms with Crippen LogP contribution in [-0.4, -0.2) is 7.11 Å². The molecule has 0 radical (unpaired) electrons. The molecular weight excluding hydrogens is 270 g/mol. The summed E-state index contributed by atoms with van der Waals surface area (Å²) in [5.41, 5.74) is 2.60. The van der Waals surface area contributed by atoms with Gasteiger partial charge in [-0.2, -0.15) is 0 Å². The van der Waals surface area contributed by atoms with Crippen molar-refractivity contribution in [2.45, 2.75) is 19.5 Å². The third-order valence-corrected chi connectivity index (χ3v) is 4.09. The fourth-order valence-corrected chi connectivity index (χ4v) is 2.72. The van der Waals surface area contributed by atoms with Crippen LogP contribution < -0.4 is 10.1 Å². The van der Waals surface area contributed by atoms with E-state index in [9.17, 15) is 0 Å². The van der Waals surface area contributed by atoms with E-state index in [4.69, 9.17) is 4.74 Å². The van der Waals surface area contributed by atoms with Crippen molar-refractivity contribution in [3.05, 3.63) is 77.9 Å². The van der Waals surface area contributed by atoms with Gasteiger partial charge in [-0.3, -0.25) is 0 Å². The number of rotatable bonds is 5. The summed E-state index contributed by atoms with van der Waals surface area (Å²) in [4.78, 5) is 0. The number of fused-ring (bicyclic) bond motifs is 1. The van der Waals surface area contributed by atoms with Gasteiger partial charge in [0, 0.05) is 12.6 Å². The molecule has 3 aromatic rings. The standard InChI is InChI=1S/C20H21NO/c1-15(16-10-12-19(22-2)13-11-16)21-14-18-8-5-7-17-6-3-4-9-20(17)18/h3-13,15,21H,14H2,1-2H3. The average Bonchev–Trinajstić information content (AvgIpc) is 2.59. The highest BCUT2D eigenvalue weighted by Crippen LogP contribution is 2.21. The second kappa shape index (κ2) is 6.63. The van der Waals surface area contributed by atoms with Crippen molar-refractivity contribution in [1.82, 2.24) is 5.32 Å². The molecule has 3 aromatic carbocycles. The summed E-state index contributed by atoms with van der Waals surface area (Å²) in [6.45, 7) is 3.04. The van der Waals surface area contributed by atoms with Gasteiger partial charge >= 0.3 is 0 Å². The molecule has 0 saturated heterocycles. The summed E-state index contributed by atoms with van der Waals surface area (Å²) in [6, 6.07) is 23.5. The zero-order valence-electron chi connectivity index (χ0n) is 13.0. The Balaban J connectivity index is 1.73. The molecule has 1 atom stereocenters. The van der Waals surface area contributed by atoms with Gasteiger partial charge < -0.3 is 10.1 Å². The molecule has 1 unspecified atom stereocenters. The molecule has 0 fully saturated rings. The highest BCUT2D eigenvalue weighted by atomic mass is 16.5. The second-order valence-corrected chi connectivity index (χ2v) is 5.51. The molecule has 0 heterocycles. The molecule has 2 heteroatoms. The van der Waals surface area contributed by atoms with Crippen molar-refractivity contribution >= 4 is 10.8 Å². The van der Waals surface area contributed by atoms with E-state index in [1.54, 1.807) is 7.11 Å². The lowest BCUT2D eigenvalue weighted by molar-refractivity contribution is 0.414. The van der Waals surface area contributed by atoms with Crippen LogP contribution in [-0.2, 0) is 6.54 Å². The molecule has 22 heavy (non-hydrogen) atoms. The SMILES string of the molecule is COc1ccc(C(C)NCc2cccc3ccccc23)cc1. The molecule has 3 rings (SSSR count). The monoisotopic (exact) mass is 291 g/mol. The molecule has 1 N–H and O–H groups in total. The lowest BCUT2D eigenvalue weighted by Crippen LogP contribution is -2.18. The number of nitrogens with one attached hydrogen (secondary N) is 1. The molecule has 0 spiro atoms. The van der Waals surface area contributed by atoms with Gasteiger partial charge in [0.25, 0.3) is 0 Å². The van der Waals surface area contributed by atoms with Gasteiger partial charge in [0.2, 0.25) is 0 Å². The first-order valence-electron chi connectivity index (χ1n) is 7.62. The minimum absolute atomic E-state index is 0.296. The maximum atomic E-state index is 5.21. The molecule has 0 aromatic heterocycles. The Morgan fingerprint density at radius 2 is 1.64 bits per heavy atom. The fourth-order valence-electron chi connectivity index (χ4n) is 2.72. The van der Waals surface area contributed by atoms with E-state index < -0.39 is 0 Å². The summed E-state index contributed by atoms with van der Waals surface area (Å²) in [6.07, 6.45) is 0. The number of benzene rings is 3. The second-order valence-electron chi connectivity index (χ2n) is 5.51. The van der Waals surface area contributed by atoms with Gasteiger partial charge in [-0.25, -0.2) is 0 Å². The van der Waals surface area contributed by atoms with E-state index in [0.29, 0.717) is 6.04 Å². The number of methoxy groups -OCH3 is 1. The molecule has 0 saturated carbocycles. The van der Waals surface area contributed by atoms with Crippen LogP contribution >= 0.6 is 0 Å². The van der Waals surface area contributed by atoms with Crippen molar-refractivity contribution in [2.75, 3.05) is 7.11 Å². The lowest BCUT2D eigenvalue weighted by Gasteiger charge is -2.16. The van der Waals surface area contributed by atoms with Crippen LogP contribution in [0.25, 0.3) is 10.8 Å². The van der Waals surface area contributed by atoms with Crippen LogP contribution in [0, 0.1) is 0 Å². The predicted molar refractivity (Wildman–Crippen MR) is 92.2 cm³/mol. The smallest absolute Gasteiger partial charge is 0.118 e. The highest BCUT2D eigenvalue weighted by molar-refractivity contribution is 5.85. The number of hydrogen-bond acceptors (Lipinski definition) is 2. The summed E-state index contributed by atoms with van der Waals surface area (Å²) in [5.74, 6) is 0.894. The fraction of sp³-hybridized carbons (Fsp3) is 0.200. The average molecular weight is 291 g/mol. The van der Waals surface area contributed by atoms with Crippen LogP contribution in [0.2, 0.25) is 0 Å². The maximum absolute atomic E-state index is 5.21. The molecular formula is C20H21NO. The normalized spacial score (nSPS) is 12.3. The first-order valence-corrected chi connectivity index (χ1v) is 7.62. The Morgan fingerprint density at radius 3 is 2.41 bits per heavy atom. The molecule has 0 bridgehead atoms. The molecule has 0 aliphatic rings. The topological polar surface area (TPSA) is 21.3 Å². The van der Waals surface area contributed by atoms with Gasteiger partial charge in [0.05, 0.1) is 7.11 Å². The van der Waals surface area contributed by atoms with E-state index in [2.05, 4.69) is 66.8 Å². The minimum atomic E-state index is 0.296. The third-order valence-electron chi connectivity index (χ3n) is 4.09. The summed E-state index contributed by atoms with van der Waals surface area (Å²) in [7, 11) is 1.69. The Hall–Kier alpha value is -2.32. The molecule has 0 amide bonds. The van der Waals surface area contributed by atoms with Crippen LogP contribution in [0.1, 0.15) is 24.1 Å². The number of hydrogen-bond donors (Lipinski definition) is 1. The number of ether oxygens (including phenoxy) is 1. The van der Waals surface area contributed by atoms with Crippen LogP contribution in [0.5, 0.6) is 5.75 Å². The van der Waals surface area contributed by atoms with Crippen molar-refractivity contribution in [1.29, 1.82) is 0 Å². The lowest BCUT2D eigenvalue weighted by atomic mass is 10.0. The van der Waals surface area contributed by atoms with Gasteiger partial charge in [-0.05, 0) is 41.0 Å². The largest absolute Gasteiger partial charge is 0.497 e. The van der Waals surface area contributed by atoms with Gasteiger partial charge in [0.15, 0.2) is 0 Å². The van der Waals surface area contributed by atoms with Crippen molar-refractivity contribution in [2.24, 2.45) is 0 Å². The summed E-state index contributed by atoms with van der Waals surface area (Å²) >= 11 is 0. The van der Waals surface area contributed by atoms with Gasteiger partial charge in [-0.1, -0.05) is 54.6 Å². The summed E-state index contributed by atoms with van der Waals surface area (Å²) in [5, 5.41) is 6.21. The highest BCUT2D eigenvalue weighted by Gasteiger charge is 2.06. The van der Waals surface area contributed by atoms with Crippen molar-refractivity contribution < 1.29 is 4.74 Å². The third kappa shape index (κ3) is 3.12. The quantitative estimate of drug-likeness (QED) is 0.735. The van der Waals surface area contributed by atoms with Crippen LogP contribution in [0.15, 0.2) is 66.7 Å². The Kier molecular flexibility index (Phi) is 4.40. The van der Waals surface area contributed by atoms with E-state index in [1.807, 2.05) is 12.1 Å². The Bertz CT molecular complexity index is 744. The van der Waals surface area contributed by atoms with E-state index in [0.717, 1.165) is 12.3 Å². The van der Waals surface area contributed by atoms with Crippen LogP contribution in [0.4, 0.5) is 0 Å². The molecule has 0 aliphatic heterocycles. The first kappa shape index (κ1) is 14.6. The van der Waals surface area contributed by atoms with E-state index in [1.165, 1.54) is 21.9 Å².